The van der Waals surface area contributed by atoms with E-state index in [2.05, 4.69) is 64.4 Å². The predicted molar refractivity (Wildman–Crippen MR) is 74.0 cm³/mol. The highest BCUT2D eigenvalue weighted by Gasteiger charge is 1.96. The van der Waals surface area contributed by atoms with Crippen molar-refractivity contribution < 1.29 is 0 Å². The number of hydrogen-bond acceptors (Lipinski definition) is 2. The van der Waals surface area contributed by atoms with Gasteiger partial charge >= 0.3 is 0 Å². The van der Waals surface area contributed by atoms with Gasteiger partial charge in [-0.2, -0.15) is 0 Å². The first-order valence-electron chi connectivity index (χ1n) is 5.49. The predicted octanol–water partition coefficient (Wildman–Crippen LogP) is 2.38. The van der Waals surface area contributed by atoms with Crippen molar-refractivity contribution in [1.29, 1.82) is 0 Å². The molecule has 15 heavy (non-hydrogen) atoms. The van der Waals surface area contributed by atoms with Gasteiger partial charge in [-0.3, -0.25) is 0 Å². The molecule has 1 aromatic carbocycles. The molecule has 3 heteroatoms. The van der Waals surface area contributed by atoms with E-state index in [0.29, 0.717) is 0 Å². The van der Waals surface area contributed by atoms with Crippen LogP contribution in [0, 0.1) is 3.57 Å². The van der Waals surface area contributed by atoms with Crippen molar-refractivity contribution >= 4 is 22.6 Å². The summed E-state index contributed by atoms with van der Waals surface area (Å²) in [6.45, 7) is 6.37. The van der Waals surface area contributed by atoms with Gasteiger partial charge in [-0.1, -0.05) is 25.1 Å². The second-order valence-electron chi connectivity index (χ2n) is 3.48. The van der Waals surface area contributed by atoms with Crippen LogP contribution < -0.4 is 10.6 Å². The van der Waals surface area contributed by atoms with Crippen molar-refractivity contribution in [2.24, 2.45) is 0 Å². The van der Waals surface area contributed by atoms with E-state index in [9.17, 15) is 0 Å². The minimum Gasteiger partial charge on any atom is -0.317 e. The number of rotatable bonds is 7. The van der Waals surface area contributed by atoms with Crippen molar-refractivity contribution in [2.45, 2.75) is 19.9 Å². The summed E-state index contributed by atoms with van der Waals surface area (Å²) < 4.78 is 1.34. The maximum absolute atomic E-state index is 3.46. The molecule has 2 nitrogen and oxygen atoms in total. The molecular weight excluding hydrogens is 299 g/mol. The molecule has 0 atom stereocenters. The lowest BCUT2D eigenvalue weighted by Crippen LogP contribution is -2.21. The molecule has 0 aliphatic heterocycles. The van der Waals surface area contributed by atoms with Crippen LogP contribution in [0.3, 0.4) is 0 Å². The Morgan fingerprint density at radius 2 is 1.87 bits per heavy atom. The van der Waals surface area contributed by atoms with Crippen LogP contribution in [0.15, 0.2) is 24.3 Å². The lowest BCUT2D eigenvalue weighted by molar-refractivity contribution is 0.605. The summed E-state index contributed by atoms with van der Waals surface area (Å²) >= 11 is 2.38. The van der Waals surface area contributed by atoms with Gasteiger partial charge in [0, 0.05) is 10.1 Å². The smallest absolute Gasteiger partial charge is 0.0216 e. The zero-order valence-electron chi connectivity index (χ0n) is 9.22. The van der Waals surface area contributed by atoms with Crippen molar-refractivity contribution in [1.82, 2.24) is 10.6 Å². The molecular formula is C12H19IN2. The molecule has 1 aromatic rings. The number of hydrogen-bond donors (Lipinski definition) is 2. The van der Waals surface area contributed by atoms with Crippen molar-refractivity contribution in [3.05, 3.63) is 33.4 Å². The Hall–Kier alpha value is -0.130. The molecule has 0 radical (unpaired) electrons. The Kier molecular flexibility index (Phi) is 6.96. The van der Waals surface area contributed by atoms with E-state index in [1.165, 1.54) is 15.6 Å². The third-order valence-corrected chi connectivity index (χ3v) is 3.28. The highest BCUT2D eigenvalue weighted by atomic mass is 127. The van der Waals surface area contributed by atoms with Gasteiger partial charge in [-0.15, -0.1) is 0 Å². The van der Waals surface area contributed by atoms with E-state index in [1.54, 1.807) is 0 Å². The largest absolute Gasteiger partial charge is 0.317 e. The van der Waals surface area contributed by atoms with Crippen LogP contribution in [-0.2, 0) is 6.54 Å². The van der Waals surface area contributed by atoms with E-state index in [0.717, 1.165) is 26.2 Å². The van der Waals surface area contributed by atoms with Crippen molar-refractivity contribution in [2.75, 3.05) is 19.6 Å². The van der Waals surface area contributed by atoms with Gasteiger partial charge in [0.1, 0.15) is 0 Å². The molecule has 0 spiro atoms. The van der Waals surface area contributed by atoms with E-state index < -0.39 is 0 Å². The maximum atomic E-state index is 3.46. The molecule has 0 bridgehead atoms. The average molecular weight is 318 g/mol. The van der Waals surface area contributed by atoms with E-state index in [4.69, 9.17) is 0 Å². The van der Waals surface area contributed by atoms with E-state index in [-0.39, 0.29) is 0 Å². The molecule has 0 amide bonds. The molecule has 2 N–H and O–H groups in total. The summed E-state index contributed by atoms with van der Waals surface area (Å²) in [5.74, 6) is 0. The Morgan fingerprint density at radius 1 is 1.13 bits per heavy atom. The second kappa shape index (κ2) is 8.07. The standard InChI is InChI=1S/C12H19IN2/c1-2-14-8-5-9-15-10-11-6-3-4-7-12(11)13/h3-4,6-7,14-15H,2,5,8-10H2,1H3. The Labute approximate surface area is 106 Å². The molecule has 1 rings (SSSR count). The molecule has 0 saturated heterocycles. The number of benzene rings is 1. The van der Waals surface area contributed by atoms with Gasteiger partial charge in [0.25, 0.3) is 0 Å². The van der Waals surface area contributed by atoms with Gasteiger partial charge in [-0.05, 0) is 60.3 Å². The quantitative estimate of drug-likeness (QED) is 0.596. The average Bonchev–Trinajstić information content (AvgIpc) is 2.25. The van der Waals surface area contributed by atoms with E-state index >= 15 is 0 Å². The van der Waals surface area contributed by atoms with Crippen LogP contribution in [0.5, 0.6) is 0 Å². The lowest BCUT2D eigenvalue weighted by atomic mass is 10.2. The highest BCUT2D eigenvalue weighted by molar-refractivity contribution is 14.1. The summed E-state index contributed by atoms with van der Waals surface area (Å²) in [6, 6.07) is 8.50. The molecule has 84 valence electrons. The fourth-order valence-corrected chi connectivity index (χ4v) is 1.96. The first-order valence-corrected chi connectivity index (χ1v) is 6.57. The SMILES string of the molecule is CCNCCCNCc1ccccc1I. The molecule has 0 heterocycles. The number of halogens is 1. The Morgan fingerprint density at radius 3 is 2.60 bits per heavy atom. The monoisotopic (exact) mass is 318 g/mol. The molecule has 0 unspecified atom stereocenters. The van der Waals surface area contributed by atoms with Crippen LogP contribution in [0.2, 0.25) is 0 Å². The summed E-state index contributed by atoms with van der Waals surface area (Å²) in [6.07, 6.45) is 1.19. The third-order valence-electron chi connectivity index (χ3n) is 2.23. The van der Waals surface area contributed by atoms with Gasteiger partial charge in [0.15, 0.2) is 0 Å². The van der Waals surface area contributed by atoms with Crippen molar-refractivity contribution in [3.8, 4) is 0 Å². The lowest BCUT2D eigenvalue weighted by Gasteiger charge is -2.06. The van der Waals surface area contributed by atoms with E-state index in [1.807, 2.05) is 0 Å². The minimum atomic E-state index is 0.977. The zero-order chi connectivity index (χ0) is 10.9. The van der Waals surface area contributed by atoms with Crippen LogP contribution >= 0.6 is 22.6 Å². The van der Waals surface area contributed by atoms with Gasteiger partial charge in [-0.25, -0.2) is 0 Å². The minimum absolute atomic E-state index is 0.977. The van der Waals surface area contributed by atoms with Crippen LogP contribution in [0.1, 0.15) is 18.9 Å². The Balaban J connectivity index is 2.12. The fraction of sp³-hybridized carbons (Fsp3) is 0.500. The second-order valence-corrected chi connectivity index (χ2v) is 4.64. The van der Waals surface area contributed by atoms with Crippen LogP contribution in [-0.4, -0.2) is 19.6 Å². The zero-order valence-corrected chi connectivity index (χ0v) is 11.4. The fourth-order valence-electron chi connectivity index (χ4n) is 1.38. The topological polar surface area (TPSA) is 24.1 Å². The molecule has 0 aliphatic rings. The summed E-state index contributed by atoms with van der Waals surface area (Å²) in [5.41, 5.74) is 1.39. The molecule has 0 fully saturated rings. The summed E-state index contributed by atoms with van der Waals surface area (Å²) in [4.78, 5) is 0. The number of nitrogens with one attached hydrogen (secondary N) is 2. The van der Waals surface area contributed by atoms with Crippen molar-refractivity contribution in [3.63, 3.8) is 0 Å². The molecule has 0 aliphatic carbocycles. The van der Waals surface area contributed by atoms with Gasteiger partial charge in [0.2, 0.25) is 0 Å². The summed E-state index contributed by atoms with van der Waals surface area (Å²) in [5, 5.41) is 6.77. The third kappa shape index (κ3) is 5.49. The molecule has 0 saturated carbocycles. The normalized spacial score (nSPS) is 10.5. The first kappa shape index (κ1) is 12.9. The van der Waals surface area contributed by atoms with Gasteiger partial charge < -0.3 is 10.6 Å². The van der Waals surface area contributed by atoms with Crippen LogP contribution in [0.4, 0.5) is 0 Å². The maximum Gasteiger partial charge on any atom is 0.0216 e. The van der Waals surface area contributed by atoms with Gasteiger partial charge in [0.05, 0.1) is 0 Å². The highest BCUT2D eigenvalue weighted by Crippen LogP contribution is 2.10. The first-order chi connectivity index (χ1) is 7.34. The molecule has 0 aromatic heterocycles. The Bertz CT molecular complexity index is 276. The summed E-state index contributed by atoms with van der Waals surface area (Å²) in [7, 11) is 0. The van der Waals surface area contributed by atoms with Crippen LogP contribution in [0.25, 0.3) is 0 Å².